The van der Waals surface area contributed by atoms with Gasteiger partial charge in [-0.1, -0.05) is 39.7 Å². The Kier molecular flexibility index (Phi) is 4.83. The highest BCUT2D eigenvalue weighted by molar-refractivity contribution is 9.10. The molecule has 0 fully saturated rings. The minimum Gasteiger partial charge on any atom is -0.381 e. The van der Waals surface area contributed by atoms with Crippen molar-refractivity contribution in [2.24, 2.45) is 0 Å². The lowest BCUT2D eigenvalue weighted by Crippen LogP contribution is -2.18. The average Bonchev–Trinajstić information content (AvgIpc) is 2.37. The fourth-order valence-corrected chi connectivity index (χ4v) is 2.43. The smallest absolute Gasteiger partial charge is 0.123 e. The summed E-state index contributed by atoms with van der Waals surface area (Å²) in [4.78, 5) is 0. The van der Waals surface area contributed by atoms with Gasteiger partial charge in [0.25, 0.3) is 0 Å². The molecule has 0 aliphatic rings. The minimum atomic E-state index is -0.209. The summed E-state index contributed by atoms with van der Waals surface area (Å²) in [6.07, 6.45) is 0.809. The predicted molar refractivity (Wildman–Crippen MR) is 82.3 cm³/mol. The molecular weight excluding hydrogens is 329 g/mol. The van der Waals surface area contributed by atoms with Gasteiger partial charge in [0.2, 0.25) is 0 Å². The van der Waals surface area contributed by atoms with Crippen molar-refractivity contribution in [1.82, 2.24) is 0 Å². The zero-order chi connectivity index (χ0) is 13.8. The summed E-state index contributed by atoms with van der Waals surface area (Å²) in [5, 5.41) is 4.05. The van der Waals surface area contributed by atoms with Crippen LogP contribution in [0.2, 0.25) is 5.02 Å². The SMILES string of the molecule is CC(Cc1ccc(F)cc1)Nc1cc(Br)ccc1Cl. The summed E-state index contributed by atoms with van der Waals surface area (Å²) in [6.45, 7) is 2.07. The van der Waals surface area contributed by atoms with Crippen LogP contribution in [0.1, 0.15) is 12.5 Å². The molecule has 4 heteroatoms. The second kappa shape index (κ2) is 6.40. The largest absolute Gasteiger partial charge is 0.381 e. The van der Waals surface area contributed by atoms with Crippen molar-refractivity contribution < 1.29 is 4.39 Å². The maximum atomic E-state index is 12.8. The fourth-order valence-electron chi connectivity index (χ4n) is 1.90. The highest BCUT2D eigenvalue weighted by Gasteiger charge is 2.07. The van der Waals surface area contributed by atoms with Gasteiger partial charge in [-0.05, 0) is 49.2 Å². The van der Waals surface area contributed by atoms with Gasteiger partial charge in [-0.25, -0.2) is 4.39 Å². The van der Waals surface area contributed by atoms with E-state index in [-0.39, 0.29) is 11.9 Å². The summed E-state index contributed by atoms with van der Waals surface area (Å²) in [7, 11) is 0. The van der Waals surface area contributed by atoms with E-state index in [1.54, 1.807) is 12.1 Å². The van der Waals surface area contributed by atoms with E-state index in [1.807, 2.05) is 18.2 Å². The van der Waals surface area contributed by atoms with Crippen molar-refractivity contribution in [2.75, 3.05) is 5.32 Å². The van der Waals surface area contributed by atoms with Crippen LogP contribution in [-0.4, -0.2) is 6.04 Å². The van der Waals surface area contributed by atoms with Crippen LogP contribution in [0.4, 0.5) is 10.1 Å². The number of benzene rings is 2. The minimum absolute atomic E-state index is 0.206. The number of hydrogen-bond acceptors (Lipinski definition) is 1. The van der Waals surface area contributed by atoms with Crippen molar-refractivity contribution in [1.29, 1.82) is 0 Å². The highest BCUT2D eigenvalue weighted by Crippen LogP contribution is 2.26. The Morgan fingerprint density at radius 1 is 1.21 bits per heavy atom. The summed E-state index contributed by atoms with van der Waals surface area (Å²) in [5.41, 5.74) is 1.98. The molecule has 0 aliphatic carbocycles. The molecule has 1 nitrogen and oxygen atoms in total. The molecule has 0 aliphatic heterocycles. The summed E-state index contributed by atoms with van der Waals surface area (Å²) >= 11 is 9.55. The Morgan fingerprint density at radius 3 is 2.58 bits per heavy atom. The first kappa shape index (κ1) is 14.4. The van der Waals surface area contributed by atoms with E-state index in [9.17, 15) is 4.39 Å². The van der Waals surface area contributed by atoms with E-state index in [1.165, 1.54) is 12.1 Å². The molecular formula is C15H14BrClFN. The topological polar surface area (TPSA) is 12.0 Å². The standard InChI is InChI=1S/C15H14BrClFN/c1-10(8-11-2-5-13(18)6-3-11)19-15-9-12(16)4-7-14(15)17/h2-7,9-10,19H,8H2,1H3. The Bertz CT molecular complexity index is 557. The van der Waals surface area contributed by atoms with Gasteiger partial charge >= 0.3 is 0 Å². The van der Waals surface area contributed by atoms with Gasteiger partial charge in [0, 0.05) is 10.5 Å². The number of nitrogens with one attached hydrogen (secondary N) is 1. The molecule has 0 bridgehead atoms. The van der Waals surface area contributed by atoms with Crippen LogP contribution in [0.3, 0.4) is 0 Å². The number of hydrogen-bond donors (Lipinski definition) is 1. The van der Waals surface area contributed by atoms with Crippen molar-refractivity contribution >= 4 is 33.2 Å². The van der Waals surface area contributed by atoms with Gasteiger partial charge in [0.1, 0.15) is 5.82 Å². The van der Waals surface area contributed by atoms with Crippen LogP contribution in [0.25, 0.3) is 0 Å². The molecule has 0 aromatic heterocycles. The van der Waals surface area contributed by atoms with Crippen LogP contribution < -0.4 is 5.32 Å². The molecule has 2 rings (SSSR count). The lowest BCUT2D eigenvalue weighted by Gasteiger charge is -2.16. The number of halogens is 3. The van der Waals surface area contributed by atoms with E-state index in [0.29, 0.717) is 5.02 Å². The molecule has 100 valence electrons. The first-order valence-corrected chi connectivity index (χ1v) is 7.18. The molecule has 0 heterocycles. The van der Waals surface area contributed by atoms with Crippen LogP contribution in [-0.2, 0) is 6.42 Å². The molecule has 2 aromatic rings. The van der Waals surface area contributed by atoms with Gasteiger partial charge < -0.3 is 5.32 Å². The van der Waals surface area contributed by atoms with Crippen molar-refractivity contribution in [3.63, 3.8) is 0 Å². The molecule has 0 saturated carbocycles. The van der Waals surface area contributed by atoms with E-state index in [2.05, 4.69) is 28.2 Å². The average molecular weight is 343 g/mol. The predicted octanol–water partition coefficient (Wildman–Crippen LogP) is 5.28. The third-order valence-electron chi connectivity index (χ3n) is 2.79. The Hall–Kier alpha value is -1.06. The first-order valence-electron chi connectivity index (χ1n) is 6.00. The Morgan fingerprint density at radius 2 is 1.89 bits per heavy atom. The van der Waals surface area contributed by atoms with Gasteiger partial charge in [-0.15, -0.1) is 0 Å². The van der Waals surface area contributed by atoms with Crippen molar-refractivity contribution in [2.45, 2.75) is 19.4 Å². The summed E-state index contributed by atoms with van der Waals surface area (Å²) in [5.74, 6) is -0.209. The lowest BCUT2D eigenvalue weighted by atomic mass is 10.1. The Balaban J connectivity index is 2.02. The Labute approximate surface area is 125 Å². The summed E-state index contributed by atoms with van der Waals surface area (Å²) in [6, 6.07) is 12.5. The molecule has 0 spiro atoms. The molecule has 2 aromatic carbocycles. The molecule has 0 saturated heterocycles. The van der Waals surface area contributed by atoms with E-state index < -0.39 is 0 Å². The van der Waals surface area contributed by atoms with Gasteiger partial charge in [-0.2, -0.15) is 0 Å². The molecule has 0 radical (unpaired) electrons. The van der Waals surface area contributed by atoms with Crippen LogP contribution in [0.15, 0.2) is 46.9 Å². The van der Waals surface area contributed by atoms with Gasteiger partial charge in [-0.3, -0.25) is 0 Å². The van der Waals surface area contributed by atoms with Gasteiger partial charge in [0.05, 0.1) is 10.7 Å². The monoisotopic (exact) mass is 341 g/mol. The second-order valence-electron chi connectivity index (χ2n) is 4.50. The zero-order valence-corrected chi connectivity index (χ0v) is 12.8. The third-order valence-corrected chi connectivity index (χ3v) is 3.61. The number of anilines is 1. The van der Waals surface area contributed by atoms with Gasteiger partial charge in [0.15, 0.2) is 0 Å². The molecule has 1 unspecified atom stereocenters. The maximum absolute atomic E-state index is 12.8. The molecule has 0 amide bonds. The van der Waals surface area contributed by atoms with Crippen molar-refractivity contribution in [3.8, 4) is 0 Å². The second-order valence-corrected chi connectivity index (χ2v) is 5.82. The van der Waals surface area contributed by atoms with E-state index >= 15 is 0 Å². The first-order chi connectivity index (χ1) is 9.04. The summed E-state index contributed by atoms with van der Waals surface area (Å²) < 4.78 is 13.8. The van der Waals surface area contributed by atoms with Crippen LogP contribution >= 0.6 is 27.5 Å². The fraction of sp³-hybridized carbons (Fsp3) is 0.200. The normalized spacial score (nSPS) is 12.2. The third kappa shape index (κ3) is 4.22. The van der Waals surface area contributed by atoms with E-state index in [0.717, 1.165) is 22.1 Å². The zero-order valence-electron chi connectivity index (χ0n) is 10.5. The van der Waals surface area contributed by atoms with Crippen LogP contribution in [0, 0.1) is 5.82 Å². The van der Waals surface area contributed by atoms with Crippen LogP contribution in [0.5, 0.6) is 0 Å². The molecule has 19 heavy (non-hydrogen) atoms. The lowest BCUT2D eigenvalue weighted by molar-refractivity contribution is 0.626. The number of rotatable bonds is 4. The van der Waals surface area contributed by atoms with Crippen molar-refractivity contribution in [3.05, 3.63) is 63.3 Å². The molecule has 1 N–H and O–H groups in total. The van der Waals surface area contributed by atoms with E-state index in [4.69, 9.17) is 11.6 Å². The highest BCUT2D eigenvalue weighted by atomic mass is 79.9. The maximum Gasteiger partial charge on any atom is 0.123 e. The molecule has 1 atom stereocenters. The quantitative estimate of drug-likeness (QED) is 0.796.